The van der Waals surface area contributed by atoms with Gasteiger partial charge in [-0.3, -0.25) is 0 Å². The molecule has 86 valence electrons. The molecule has 1 unspecified atom stereocenters. The Hall–Kier alpha value is -1.28. The van der Waals surface area contributed by atoms with Crippen molar-refractivity contribution in [3.8, 4) is 0 Å². The van der Waals surface area contributed by atoms with Gasteiger partial charge in [0, 0.05) is 0 Å². The Bertz CT molecular complexity index is 405. The molecule has 1 N–H and O–H groups in total. The molecule has 2 nitrogen and oxygen atoms in total. The molecule has 0 radical (unpaired) electrons. The number of aliphatic hydroxyl groups is 1. The van der Waals surface area contributed by atoms with Gasteiger partial charge in [-0.25, -0.2) is 0 Å². The van der Waals surface area contributed by atoms with E-state index in [-0.39, 0.29) is 0 Å². The van der Waals surface area contributed by atoms with Crippen molar-refractivity contribution in [2.75, 3.05) is 6.61 Å². The third-order valence-corrected chi connectivity index (χ3v) is 3.00. The molecular formula is C14H18O2. The van der Waals surface area contributed by atoms with Crippen LogP contribution in [0.3, 0.4) is 0 Å². The Morgan fingerprint density at radius 1 is 1.38 bits per heavy atom. The largest absolute Gasteiger partial charge is 0.495 e. The van der Waals surface area contributed by atoms with E-state index in [1.54, 1.807) is 6.92 Å². The van der Waals surface area contributed by atoms with Crippen LogP contribution in [0.4, 0.5) is 0 Å². The monoisotopic (exact) mass is 218 g/mol. The molecule has 1 aromatic carbocycles. The molecule has 0 aliphatic carbocycles. The van der Waals surface area contributed by atoms with Gasteiger partial charge < -0.3 is 9.84 Å². The second-order valence-electron chi connectivity index (χ2n) is 4.50. The van der Waals surface area contributed by atoms with E-state index >= 15 is 0 Å². The predicted molar refractivity (Wildman–Crippen MR) is 64.0 cm³/mol. The predicted octanol–water partition coefficient (Wildman–Crippen LogP) is 2.90. The second kappa shape index (κ2) is 4.30. The van der Waals surface area contributed by atoms with Crippen LogP contribution in [0.1, 0.15) is 30.9 Å². The Morgan fingerprint density at radius 2 is 2.19 bits per heavy atom. The van der Waals surface area contributed by atoms with Crippen molar-refractivity contribution in [1.29, 1.82) is 0 Å². The molecule has 1 heterocycles. The standard InChI is InChI=1S/C14H18O2/c1-11-6-5-7-12(10-11)14(2,15)13-8-3-4-9-16-13/h5-8,10,15H,3-4,9H2,1-2H3. The maximum atomic E-state index is 10.5. The number of ether oxygens (including phenoxy) is 1. The zero-order chi connectivity index (χ0) is 11.6. The molecule has 1 aromatic rings. The summed E-state index contributed by atoms with van der Waals surface area (Å²) in [5.74, 6) is 0.685. The van der Waals surface area contributed by atoms with Crippen LogP contribution in [0.25, 0.3) is 0 Å². The van der Waals surface area contributed by atoms with Crippen molar-refractivity contribution >= 4 is 0 Å². The molecule has 2 heteroatoms. The topological polar surface area (TPSA) is 29.5 Å². The average Bonchev–Trinajstić information content (AvgIpc) is 2.30. The van der Waals surface area contributed by atoms with E-state index in [0.29, 0.717) is 12.4 Å². The zero-order valence-corrected chi connectivity index (χ0v) is 9.86. The van der Waals surface area contributed by atoms with Crippen LogP contribution >= 0.6 is 0 Å². The van der Waals surface area contributed by atoms with Crippen LogP contribution in [0, 0.1) is 6.92 Å². The van der Waals surface area contributed by atoms with Crippen LogP contribution in [-0.2, 0) is 10.3 Å². The first-order chi connectivity index (χ1) is 7.60. The van der Waals surface area contributed by atoms with E-state index in [1.807, 2.05) is 37.3 Å². The van der Waals surface area contributed by atoms with Crippen molar-refractivity contribution < 1.29 is 9.84 Å². The van der Waals surface area contributed by atoms with Crippen molar-refractivity contribution in [3.63, 3.8) is 0 Å². The zero-order valence-electron chi connectivity index (χ0n) is 9.86. The summed E-state index contributed by atoms with van der Waals surface area (Å²) in [6.07, 6.45) is 4.01. The minimum atomic E-state index is -1.01. The maximum Gasteiger partial charge on any atom is 0.143 e. The molecule has 1 aliphatic rings. The quantitative estimate of drug-likeness (QED) is 0.827. The summed E-state index contributed by atoms with van der Waals surface area (Å²) >= 11 is 0. The molecule has 0 saturated carbocycles. The molecule has 0 fully saturated rings. The third kappa shape index (κ3) is 2.12. The number of allylic oxidation sites excluding steroid dienone is 1. The number of aryl methyl sites for hydroxylation is 1. The van der Waals surface area contributed by atoms with E-state index < -0.39 is 5.60 Å². The molecule has 0 aromatic heterocycles. The van der Waals surface area contributed by atoms with Crippen molar-refractivity contribution in [3.05, 3.63) is 47.2 Å². The number of hydrogen-bond acceptors (Lipinski definition) is 2. The van der Waals surface area contributed by atoms with Crippen LogP contribution < -0.4 is 0 Å². The maximum absolute atomic E-state index is 10.5. The molecule has 0 bridgehead atoms. The minimum absolute atomic E-state index is 0.685. The summed E-state index contributed by atoms with van der Waals surface area (Å²) in [4.78, 5) is 0. The third-order valence-electron chi connectivity index (χ3n) is 3.00. The van der Waals surface area contributed by atoms with Crippen molar-refractivity contribution in [2.24, 2.45) is 0 Å². The molecule has 0 saturated heterocycles. The number of rotatable bonds is 2. The van der Waals surface area contributed by atoms with Gasteiger partial charge in [-0.15, -0.1) is 0 Å². The van der Waals surface area contributed by atoms with Gasteiger partial charge >= 0.3 is 0 Å². The van der Waals surface area contributed by atoms with Gasteiger partial charge in [0.1, 0.15) is 11.4 Å². The van der Waals surface area contributed by atoms with Gasteiger partial charge in [0.2, 0.25) is 0 Å². The molecule has 0 spiro atoms. The van der Waals surface area contributed by atoms with Crippen LogP contribution in [0.5, 0.6) is 0 Å². The van der Waals surface area contributed by atoms with E-state index in [1.165, 1.54) is 0 Å². The Balaban J connectivity index is 2.33. The highest BCUT2D eigenvalue weighted by Gasteiger charge is 2.30. The van der Waals surface area contributed by atoms with Gasteiger partial charge in [0.25, 0.3) is 0 Å². The smallest absolute Gasteiger partial charge is 0.143 e. The summed E-state index contributed by atoms with van der Waals surface area (Å²) in [6.45, 7) is 4.52. The van der Waals surface area contributed by atoms with E-state index in [9.17, 15) is 5.11 Å². The van der Waals surface area contributed by atoms with Gasteiger partial charge in [0.15, 0.2) is 0 Å². The number of benzene rings is 1. The SMILES string of the molecule is Cc1cccc(C(C)(O)C2=CCCCO2)c1. The Kier molecular flexibility index (Phi) is 3.01. The summed E-state index contributed by atoms with van der Waals surface area (Å²) in [5, 5.41) is 10.5. The molecule has 1 aliphatic heterocycles. The summed E-state index contributed by atoms with van der Waals surface area (Å²) in [7, 11) is 0. The second-order valence-corrected chi connectivity index (χ2v) is 4.50. The fraction of sp³-hybridized carbons (Fsp3) is 0.429. The van der Waals surface area contributed by atoms with Crippen LogP contribution in [0.15, 0.2) is 36.1 Å². The lowest BCUT2D eigenvalue weighted by Gasteiger charge is -2.29. The highest BCUT2D eigenvalue weighted by atomic mass is 16.5. The summed E-state index contributed by atoms with van der Waals surface area (Å²) < 4.78 is 5.55. The van der Waals surface area contributed by atoms with Crippen LogP contribution in [0.2, 0.25) is 0 Å². The Labute approximate surface area is 96.6 Å². The average molecular weight is 218 g/mol. The van der Waals surface area contributed by atoms with Crippen molar-refractivity contribution in [1.82, 2.24) is 0 Å². The first-order valence-corrected chi connectivity index (χ1v) is 5.73. The lowest BCUT2D eigenvalue weighted by molar-refractivity contribution is 0.0150. The number of hydrogen-bond donors (Lipinski definition) is 1. The van der Waals surface area contributed by atoms with Gasteiger partial charge in [-0.1, -0.05) is 29.8 Å². The molecule has 2 rings (SSSR count). The fourth-order valence-electron chi connectivity index (χ4n) is 1.99. The lowest BCUT2D eigenvalue weighted by Crippen LogP contribution is -2.27. The van der Waals surface area contributed by atoms with E-state index in [0.717, 1.165) is 24.0 Å². The van der Waals surface area contributed by atoms with E-state index in [2.05, 4.69) is 0 Å². The van der Waals surface area contributed by atoms with Gasteiger partial charge in [-0.05, 0) is 38.3 Å². The van der Waals surface area contributed by atoms with Gasteiger partial charge in [0.05, 0.1) is 6.61 Å². The summed E-state index contributed by atoms with van der Waals surface area (Å²) in [5.41, 5.74) is 1.03. The summed E-state index contributed by atoms with van der Waals surface area (Å²) in [6, 6.07) is 7.92. The van der Waals surface area contributed by atoms with E-state index in [4.69, 9.17) is 4.74 Å². The highest BCUT2D eigenvalue weighted by Crippen LogP contribution is 2.32. The first kappa shape index (κ1) is 11.2. The normalized spacial score (nSPS) is 19.6. The molecule has 0 amide bonds. The molecule has 1 atom stereocenters. The van der Waals surface area contributed by atoms with Crippen LogP contribution in [-0.4, -0.2) is 11.7 Å². The minimum Gasteiger partial charge on any atom is -0.495 e. The molecule has 16 heavy (non-hydrogen) atoms. The molecular weight excluding hydrogens is 200 g/mol. The first-order valence-electron chi connectivity index (χ1n) is 5.73. The van der Waals surface area contributed by atoms with Crippen molar-refractivity contribution in [2.45, 2.75) is 32.3 Å². The fourth-order valence-corrected chi connectivity index (χ4v) is 1.99. The highest BCUT2D eigenvalue weighted by molar-refractivity contribution is 5.32. The van der Waals surface area contributed by atoms with Gasteiger partial charge in [-0.2, -0.15) is 0 Å². The Morgan fingerprint density at radius 3 is 2.81 bits per heavy atom. The lowest BCUT2D eigenvalue weighted by atomic mass is 9.91.